The number of unbranched alkanes of at least 4 members (excludes halogenated alkanes) is 1. The van der Waals surface area contributed by atoms with Crippen molar-refractivity contribution in [2.24, 2.45) is 0 Å². The Kier molecular flexibility index (Phi) is 14.7. The van der Waals surface area contributed by atoms with E-state index in [0.29, 0.717) is 11.6 Å². The lowest BCUT2D eigenvalue weighted by molar-refractivity contribution is -0.109. The highest BCUT2D eigenvalue weighted by atomic mass is 35.5. The van der Waals surface area contributed by atoms with Gasteiger partial charge in [-0.2, -0.15) is 0 Å². The zero-order valence-corrected chi connectivity index (χ0v) is 30.3. The van der Waals surface area contributed by atoms with Crippen LogP contribution in [-0.4, -0.2) is 89.3 Å². The second-order valence-electron chi connectivity index (χ2n) is 11.7. The normalized spacial score (nSPS) is 19.8. The SMILES string of the molecule is COc1cc(CCN2CCN(CCCCOc3ccc(Cl)cc3C3(C)Sc4ccccc4N(C)C3C=O)CC2)cc(OC)c1.Cl.Cl. The summed E-state index contributed by atoms with van der Waals surface area (Å²) in [6, 6.07) is 19.8. The lowest BCUT2D eigenvalue weighted by atomic mass is 9.90. The van der Waals surface area contributed by atoms with Crippen LogP contribution < -0.4 is 19.1 Å². The predicted molar refractivity (Wildman–Crippen MR) is 195 cm³/mol. The third-order valence-electron chi connectivity index (χ3n) is 8.87. The summed E-state index contributed by atoms with van der Waals surface area (Å²) in [6.07, 6.45) is 4.06. The van der Waals surface area contributed by atoms with E-state index in [1.54, 1.807) is 26.0 Å². The molecule has 3 aromatic rings. The third kappa shape index (κ3) is 8.97. The summed E-state index contributed by atoms with van der Waals surface area (Å²) >= 11 is 8.20. The number of ether oxygens (including phenoxy) is 3. The van der Waals surface area contributed by atoms with E-state index >= 15 is 0 Å². The number of piperazine rings is 1. The monoisotopic (exact) mass is 709 g/mol. The second-order valence-corrected chi connectivity index (χ2v) is 13.6. The van der Waals surface area contributed by atoms with E-state index in [9.17, 15) is 4.79 Å². The lowest BCUT2D eigenvalue weighted by Crippen LogP contribution is -2.49. The average molecular weight is 711 g/mol. The third-order valence-corrected chi connectivity index (χ3v) is 10.6. The van der Waals surface area contributed by atoms with Crippen LogP contribution in [0.15, 0.2) is 65.6 Å². The summed E-state index contributed by atoms with van der Waals surface area (Å²) in [4.78, 5) is 20.7. The first-order chi connectivity index (χ1) is 21.3. The summed E-state index contributed by atoms with van der Waals surface area (Å²) in [5, 5.41) is 0.641. The molecule has 7 nitrogen and oxygen atoms in total. The van der Waals surface area contributed by atoms with E-state index < -0.39 is 4.75 Å². The van der Waals surface area contributed by atoms with Crippen molar-refractivity contribution in [3.8, 4) is 17.2 Å². The Morgan fingerprint density at radius 1 is 0.913 bits per heavy atom. The van der Waals surface area contributed by atoms with Gasteiger partial charge in [0.1, 0.15) is 29.6 Å². The summed E-state index contributed by atoms with van der Waals surface area (Å²) in [5.74, 6) is 2.48. The van der Waals surface area contributed by atoms with Crippen LogP contribution in [0.1, 0.15) is 30.9 Å². The predicted octanol–water partition coefficient (Wildman–Crippen LogP) is 7.24. The quantitative estimate of drug-likeness (QED) is 0.136. The van der Waals surface area contributed by atoms with Crippen molar-refractivity contribution < 1.29 is 19.0 Å². The van der Waals surface area contributed by atoms with Gasteiger partial charge in [-0.05, 0) is 80.8 Å². The van der Waals surface area contributed by atoms with Gasteiger partial charge >= 0.3 is 0 Å². The van der Waals surface area contributed by atoms with Gasteiger partial charge in [-0.3, -0.25) is 0 Å². The minimum atomic E-state index is -0.552. The fourth-order valence-electron chi connectivity index (χ4n) is 6.25. The summed E-state index contributed by atoms with van der Waals surface area (Å²) in [6.45, 7) is 9.18. The van der Waals surface area contributed by atoms with E-state index in [0.717, 1.165) is 98.2 Å². The van der Waals surface area contributed by atoms with Crippen LogP contribution in [0.3, 0.4) is 0 Å². The van der Waals surface area contributed by atoms with Gasteiger partial charge in [0, 0.05) is 61.3 Å². The molecule has 0 bridgehead atoms. The van der Waals surface area contributed by atoms with Gasteiger partial charge in [-0.15, -0.1) is 36.6 Å². The van der Waals surface area contributed by atoms with Gasteiger partial charge in [-0.25, -0.2) is 0 Å². The Morgan fingerprint density at radius 3 is 2.22 bits per heavy atom. The maximum atomic E-state index is 12.4. The van der Waals surface area contributed by atoms with Crippen molar-refractivity contribution in [1.82, 2.24) is 9.80 Å². The zero-order valence-electron chi connectivity index (χ0n) is 27.1. The van der Waals surface area contributed by atoms with Crippen LogP contribution >= 0.6 is 48.2 Å². The molecule has 0 aliphatic carbocycles. The molecule has 252 valence electrons. The highest BCUT2D eigenvalue weighted by Gasteiger charge is 2.46. The van der Waals surface area contributed by atoms with Gasteiger partial charge in [0.15, 0.2) is 0 Å². The van der Waals surface area contributed by atoms with Crippen molar-refractivity contribution in [1.29, 1.82) is 0 Å². The number of hydrogen-bond donors (Lipinski definition) is 0. The number of likely N-dealkylation sites (N-methyl/N-ethyl adjacent to an activating group) is 1. The molecular formula is C35H46Cl3N3O4S. The van der Waals surface area contributed by atoms with E-state index in [-0.39, 0.29) is 30.9 Å². The van der Waals surface area contributed by atoms with E-state index in [4.69, 9.17) is 25.8 Å². The molecule has 2 heterocycles. The first-order valence-electron chi connectivity index (χ1n) is 15.4. The molecule has 0 radical (unpaired) electrons. The molecule has 2 aliphatic rings. The molecule has 0 amide bonds. The number of hydrogen-bond acceptors (Lipinski definition) is 8. The van der Waals surface area contributed by atoms with Gasteiger partial charge in [0.2, 0.25) is 0 Å². The molecule has 5 rings (SSSR count). The van der Waals surface area contributed by atoms with Crippen LogP contribution in [0.25, 0.3) is 0 Å². The number of fused-ring (bicyclic) bond motifs is 1. The molecule has 2 unspecified atom stereocenters. The maximum absolute atomic E-state index is 12.4. The minimum absolute atomic E-state index is 0. The van der Waals surface area contributed by atoms with Crippen LogP contribution in [0, 0.1) is 0 Å². The number of anilines is 1. The Labute approximate surface area is 295 Å². The van der Waals surface area contributed by atoms with Crippen molar-refractivity contribution >= 4 is 60.2 Å². The van der Waals surface area contributed by atoms with Gasteiger partial charge in [0.25, 0.3) is 0 Å². The van der Waals surface area contributed by atoms with Crippen LogP contribution in [0.4, 0.5) is 5.69 Å². The van der Waals surface area contributed by atoms with E-state index in [1.807, 2.05) is 43.4 Å². The van der Waals surface area contributed by atoms with Crippen molar-refractivity contribution in [3.63, 3.8) is 0 Å². The average Bonchev–Trinajstić information content (AvgIpc) is 3.04. The molecule has 0 aromatic heterocycles. The van der Waals surface area contributed by atoms with Crippen LogP contribution in [-0.2, 0) is 16.0 Å². The molecular weight excluding hydrogens is 665 g/mol. The zero-order chi connectivity index (χ0) is 31.1. The summed E-state index contributed by atoms with van der Waals surface area (Å²) in [7, 11) is 5.37. The highest BCUT2D eigenvalue weighted by molar-refractivity contribution is 8.00. The Bertz CT molecular complexity index is 1400. The van der Waals surface area contributed by atoms with E-state index in [1.165, 1.54) is 5.56 Å². The van der Waals surface area contributed by atoms with Gasteiger partial charge in [-0.1, -0.05) is 23.7 Å². The topological polar surface area (TPSA) is 54.5 Å². The largest absolute Gasteiger partial charge is 0.497 e. The van der Waals surface area contributed by atoms with Gasteiger partial charge in [0.05, 0.1) is 31.3 Å². The molecule has 1 saturated heterocycles. The molecule has 3 aromatic carbocycles. The minimum Gasteiger partial charge on any atom is -0.497 e. The number of nitrogens with zero attached hydrogens (tertiary/aromatic N) is 3. The second kappa shape index (κ2) is 17.7. The Hall–Kier alpha value is -2.33. The molecule has 0 N–H and O–H groups in total. The van der Waals surface area contributed by atoms with Crippen molar-refractivity contribution in [2.75, 3.05) is 72.0 Å². The number of carbonyl (C=O) groups excluding carboxylic acids is 1. The number of halogens is 3. The number of carbonyl (C=O) groups is 1. The molecule has 46 heavy (non-hydrogen) atoms. The van der Waals surface area contributed by atoms with Crippen molar-refractivity contribution in [3.05, 3.63) is 76.8 Å². The smallest absolute Gasteiger partial charge is 0.144 e. The molecule has 0 spiro atoms. The lowest BCUT2D eigenvalue weighted by Gasteiger charge is -2.46. The summed E-state index contributed by atoms with van der Waals surface area (Å²) < 4.78 is 16.7. The fourth-order valence-corrected chi connectivity index (χ4v) is 7.94. The number of benzene rings is 3. The first-order valence-corrected chi connectivity index (χ1v) is 16.6. The Morgan fingerprint density at radius 2 is 1.57 bits per heavy atom. The van der Waals surface area contributed by atoms with Crippen molar-refractivity contribution in [2.45, 2.75) is 41.9 Å². The van der Waals surface area contributed by atoms with Crippen LogP contribution in [0.5, 0.6) is 17.2 Å². The number of aldehydes is 1. The van der Waals surface area contributed by atoms with E-state index in [2.05, 4.69) is 45.9 Å². The highest BCUT2D eigenvalue weighted by Crippen LogP contribution is 2.54. The van der Waals surface area contributed by atoms with Gasteiger partial charge < -0.3 is 33.7 Å². The van der Waals surface area contributed by atoms with Crippen LogP contribution in [0.2, 0.25) is 5.02 Å². The summed E-state index contributed by atoms with van der Waals surface area (Å²) in [5.41, 5.74) is 3.26. The Balaban J connectivity index is 0.00000288. The molecule has 2 atom stereocenters. The number of rotatable bonds is 13. The standard InChI is InChI=1S/C35H44ClN3O4S.2ClH/c1-35(34(25-40)37(2)31-9-5-6-10-33(31)44-35)30-23-27(36)11-12-32(30)43-20-8-7-14-38-16-18-39(19-17-38)15-13-26-21-28(41-3)24-29(22-26)42-4;;/h5-6,9-12,21-25,34H,7-8,13-20H2,1-4H3;2*1H. The molecule has 11 heteroatoms. The molecule has 0 saturated carbocycles. The fraction of sp³-hybridized carbons (Fsp3) is 0.457. The maximum Gasteiger partial charge on any atom is 0.144 e. The molecule has 1 fully saturated rings. The number of thioether (sulfide) groups is 1. The first kappa shape index (κ1) is 38.1. The number of methoxy groups -OCH3 is 2. The number of para-hydroxylation sites is 1. The molecule has 2 aliphatic heterocycles.